The molecule has 0 fully saturated rings. The van der Waals surface area contributed by atoms with Crippen LogP contribution in [0.5, 0.6) is 0 Å². The molecule has 0 amide bonds. The maximum Gasteiger partial charge on any atom is 0.191 e. The number of hydrogen-bond acceptors (Lipinski definition) is 4. The first-order valence-corrected chi connectivity index (χ1v) is 10.6. The molecule has 0 aliphatic carbocycles. The molecule has 29 heavy (non-hydrogen) atoms. The summed E-state index contributed by atoms with van der Waals surface area (Å²) in [7, 11) is 0. The Bertz CT molecular complexity index is 874. The molecule has 0 unspecified atom stereocenters. The molecular weight excluding hydrogens is 495 g/mol. The fraction of sp³-hybridized carbons (Fsp3) is 0.381. The van der Waals surface area contributed by atoms with Gasteiger partial charge in [0.15, 0.2) is 5.96 Å². The molecule has 2 aromatic heterocycles. The number of imidazole rings is 1. The predicted molar refractivity (Wildman–Crippen MR) is 131 cm³/mol. The number of hydrogen-bond donors (Lipinski definition) is 2. The van der Waals surface area contributed by atoms with Gasteiger partial charge in [-0.2, -0.15) is 0 Å². The maximum absolute atomic E-state index is 4.66. The summed E-state index contributed by atoms with van der Waals surface area (Å²) >= 11 is 1.73. The Kier molecular flexibility index (Phi) is 10.1. The molecule has 2 N–H and O–H groups in total. The molecule has 0 spiro atoms. The number of guanidine groups is 1. The van der Waals surface area contributed by atoms with Gasteiger partial charge in [-0.05, 0) is 18.9 Å². The van der Waals surface area contributed by atoms with Crippen LogP contribution in [0.4, 0.5) is 0 Å². The average molecular weight is 524 g/mol. The Morgan fingerprint density at radius 1 is 1.14 bits per heavy atom. The van der Waals surface area contributed by atoms with E-state index in [0.717, 1.165) is 49.3 Å². The van der Waals surface area contributed by atoms with Gasteiger partial charge in [-0.3, -0.25) is 0 Å². The zero-order chi connectivity index (χ0) is 19.6. The van der Waals surface area contributed by atoms with Crippen LogP contribution in [0, 0.1) is 0 Å². The molecule has 0 bridgehead atoms. The molecule has 3 rings (SSSR count). The van der Waals surface area contributed by atoms with E-state index in [4.69, 9.17) is 0 Å². The van der Waals surface area contributed by atoms with Crippen molar-refractivity contribution < 1.29 is 0 Å². The van der Waals surface area contributed by atoms with Crippen LogP contribution in [0.2, 0.25) is 0 Å². The molecule has 1 aromatic carbocycles. The van der Waals surface area contributed by atoms with Crippen molar-refractivity contribution in [2.75, 3.05) is 13.1 Å². The summed E-state index contributed by atoms with van der Waals surface area (Å²) in [6.45, 7) is 7.26. The average Bonchev–Trinajstić information content (AvgIpc) is 3.36. The topological polar surface area (TPSA) is 67.1 Å². The van der Waals surface area contributed by atoms with E-state index in [9.17, 15) is 0 Å². The van der Waals surface area contributed by atoms with Crippen molar-refractivity contribution in [1.82, 2.24) is 25.2 Å². The summed E-state index contributed by atoms with van der Waals surface area (Å²) in [4.78, 5) is 14.9. The van der Waals surface area contributed by atoms with E-state index in [1.165, 1.54) is 10.4 Å². The van der Waals surface area contributed by atoms with Gasteiger partial charge in [-0.15, -0.1) is 35.3 Å². The minimum atomic E-state index is 0. The van der Waals surface area contributed by atoms with Crippen molar-refractivity contribution >= 4 is 41.3 Å². The molecule has 8 heteroatoms. The quantitative estimate of drug-likeness (QED) is 0.254. The van der Waals surface area contributed by atoms with Crippen LogP contribution in [-0.2, 0) is 25.9 Å². The van der Waals surface area contributed by atoms with Crippen molar-refractivity contribution in [2.24, 2.45) is 4.99 Å². The van der Waals surface area contributed by atoms with E-state index < -0.39 is 0 Å². The lowest BCUT2D eigenvalue weighted by atomic mass is 10.2. The second-order valence-electron chi connectivity index (χ2n) is 6.40. The Balaban J connectivity index is 0.00000300. The van der Waals surface area contributed by atoms with Crippen LogP contribution in [0.15, 0.2) is 53.9 Å². The number of thiazole rings is 1. The van der Waals surface area contributed by atoms with Crippen molar-refractivity contribution in [1.29, 1.82) is 0 Å². The maximum atomic E-state index is 4.66. The zero-order valence-electron chi connectivity index (χ0n) is 17.0. The predicted octanol–water partition coefficient (Wildman–Crippen LogP) is 3.87. The summed E-state index contributed by atoms with van der Waals surface area (Å²) < 4.78 is 2.20. The van der Waals surface area contributed by atoms with E-state index in [2.05, 4.69) is 68.3 Å². The zero-order valence-corrected chi connectivity index (χ0v) is 20.1. The highest BCUT2D eigenvalue weighted by Crippen LogP contribution is 2.14. The van der Waals surface area contributed by atoms with Crippen LogP contribution in [0.25, 0.3) is 0 Å². The molecule has 0 aliphatic heterocycles. The fourth-order valence-corrected chi connectivity index (χ4v) is 3.64. The second-order valence-corrected chi connectivity index (χ2v) is 7.60. The summed E-state index contributed by atoms with van der Waals surface area (Å²) in [6.07, 6.45) is 7.71. The molecule has 0 saturated carbocycles. The lowest BCUT2D eigenvalue weighted by Gasteiger charge is -2.12. The highest BCUT2D eigenvalue weighted by atomic mass is 127. The van der Waals surface area contributed by atoms with Gasteiger partial charge in [0.25, 0.3) is 0 Å². The highest BCUT2D eigenvalue weighted by Gasteiger charge is 2.05. The molecule has 156 valence electrons. The largest absolute Gasteiger partial charge is 0.357 e. The number of aromatic nitrogens is 3. The SMILES string of the molecule is CCNC(=NCc1ncc(CC)s1)NCCc1nccn1Cc1ccccc1.I. The summed E-state index contributed by atoms with van der Waals surface area (Å²) in [5, 5.41) is 7.75. The van der Waals surface area contributed by atoms with Crippen LogP contribution in [0.3, 0.4) is 0 Å². The van der Waals surface area contributed by atoms with Crippen LogP contribution in [-0.4, -0.2) is 33.6 Å². The van der Waals surface area contributed by atoms with E-state index in [-0.39, 0.29) is 24.0 Å². The first kappa shape index (κ1) is 23.3. The monoisotopic (exact) mass is 524 g/mol. The van der Waals surface area contributed by atoms with E-state index in [1.807, 2.05) is 24.7 Å². The van der Waals surface area contributed by atoms with Gasteiger partial charge >= 0.3 is 0 Å². The normalized spacial score (nSPS) is 11.2. The number of nitrogens with one attached hydrogen (secondary N) is 2. The van der Waals surface area contributed by atoms with Crippen LogP contribution in [0.1, 0.15) is 35.1 Å². The molecule has 0 saturated heterocycles. The number of halogens is 1. The van der Waals surface area contributed by atoms with Gasteiger partial charge in [-0.25, -0.2) is 15.0 Å². The minimum absolute atomic E-state index is 0. The van der Waals surface area contributed by atoms with Gasteiger partial charge in [0.2, 0.25) is 0 Å². The Morgan fingerprint density at radius 3 is 2.69 bits per heavy atom. The van der Waals surface area contributed by atoms with Crippen LogP contribution >= 0.6 is 35.3 Å². The molecule has 0 aliphatic rings. The van der Waals surface area contributed by atoms with Crippen molar-refractivity contribution in [3.05, 3.63) is 70.2 Å². The highest BCUT2D eigenvalue weighted by molar-refractivity contribution is 14.0. The van der Waals surface area contributed by atoms with E-state index in [0.29, 0.717) is 6.54 Å². The number of nitrogens with zero attached hydrogens (tertiary/aromatic N) is 4. The van der Waals surface area contributed by atoms with Gasteiger partial charge < -0.3 is 15.2 Å². The molecular formula is C21H29IN6S. The summed E-state index contributed by atoms with van der Waals surface area (Å²) in [5.74, 6) is 1.89. The number of rotatable bonds is 9. The van der Waals surface area contributed by atoms with E-state index >= 15 is 0 Å². The standard InChI is InChI=1S/C21H28N6S.HI/c1-3-18-14-25-20(28-18)15-26-21(22-4-2)24-11-10-19-23-12-13-27(19)16-17-8-6-5-7-9-17;/h5-9,12-14H,3-4,10-11,15-16H2,1-2H3,(H2,22,24,26);1H. The lowest BCUT2D eigenvalue weighted by molar-refractivity contribution is 0.694. The van der Waals surface area contributed by atoms with Crippen molar-refractivity contribution in [2.45, 2.75) is 39.8 Å². The third-order valence-corrected chi connectivity index (χ3v) is 5.43. The van der Waals surface area contributed by atoms with Gasteiger partial charge in [0.1, 0.15) is 10.8 Å². The minimum Gasteiger partial charge on any atom is -0.357 e. The van der Waals surface area contributed by atoms with Gasteiger partial charge in [0, 0.05) is 49.5 Å². The van der Waals surface area contributed by atoms with Crippen molar-refractivity contribution in [3.63, 3.8) is 0 Å². The third kappa shape index (κ3) is 7.43. The number of benzene rings is 1. The first-order chi connectivity index (χ1) is 13.8. The Labute approximate surface area is 193 Å². The molecule has 0 radical (unpaired) electrons. The van der Waals surface area contributed by atoms with E-state index in [1.54, 1.807) is 11.3 Å². The molecule has 0 atom stereocenters. The number of aliphatic imine (C=N–C) groups is 1. The Morgan fingerprint density at radius 2 is 1.97 bits per heavy atom. The third-order valence-electron chi connectivity index (χ3n) is 4.31. The summed E-state index contributed by atoms with van der Waals surface area (Å²) in [6, 6.07) is 10.5. The Hall–Kier alpha value is -1.94. The van der Waals surface area contributed by atoms with Crippen LogP contribution < -0.4 is 10.6 Å². The van der Waals surface area contributed by atoms with Gasteiger partial charge in [-0.1, -0.05) is 37.3 Å². The van der Waals surface area contributed by atoms with Crippen molar-refractivity contribution in [3.8, 4) is 0 Å². The fourth-order valence-electron chi connectivity index (χ4n) is 2.86. The second kappa shape index (κ2) is 12.6. The smallest absolute Gasteiger partial charge is 0.191 e. The number of aryl methyl sites for hydroxylation is 1. The summed E-state index contributed by atoms with van der Waals surface area (Å²) in [5.41, 5.74) is 1.28. The van der Waals surface area contributed by atoms with Gasteiger partial charge in [0.05, 0.1) is 6.54 Å². The lowest BCUT2D eigenvalue weighted by Crippen LogP contribution is -2.38. The molecule has 6 nitrogen and oxygen atoms in total. The molecule has 2 heterocycles. The molecule has 3 aromatic rings. The first-order valence-electron chi connectivity index (χ1n) is 9.78.